The van der Waals surface area contributed by atoms with Crippen molar-refractivity contribution in [2.45, 2.75) is 12.8 Å². The van der Waals surface area contributed by atoms with E-state index < -0.39 is 0 Å². The minimum absolute atomic E-state index is 0.749. The lowest BCUT2D eigenvalue weighted by Crippen LogP contribution is -1.97. The van der Waals surface area contributed by atoms with Gasteiger partial charge in [-0.2, -0.15) is 0 Å². The van der Waals surface area contributed by atoms with Crippen LogP contribution in [-0.2, 0) is 6.42 Å². The van der Waals surface area contributed by atoms with E-state index in [0.717, 1.165) is 51.4 Å². The van der Waals surface area contributed by atoms with Crippen LogP contribution < -0.4 is 0 Å². The monoisotopic (exact) mass is 661 g/mol. The minimum Gasteiger partial charge on any atom is -0.309 e. The Bertz CT molecular complexity index is 3000. The van der Waals surface area contributed by atoms with Crippen molar-refractivity contribution in [2.75, 3.05) is 0 Å². The number of nitrogens with zero attached hydrogens (tertiary/aromatic N) is 3. The second-order valence-corrected chi connectivity index (χ2v) is 15.0. The molecule has 0 amide bonds. The van der Waals surface area contributed by atoms with Crippen LogP contribution in [0.1, 0.15) is 16.9 Å². The lowest BCUT2D eigenvalue weighted by molar-refractivity contribution is 1.02. The fraction of sp³-hybridized carbons (Fsp3) is 0.0455. The van der Waals surface area contributed by atoms with E-state index >= 15 is 0 Å². The Balaban J connectivity index is 1.25. The summed E-state index contributed by atoms with van der Waals surface area (Å²) in [6.45, 7) is 0. The zero-order valence-corrected chi connectivity index (χ0v) is 28.0. The maximum atomic E-state index is 5.31. The topological polar surface area (TPSA) is 30.7 Å². The Labute approximate surface area is 290 Å². The van der Waals surface area contributed by atoms with E-state index in [1.165, 1.54) is 63.2 Å². The number of hydrogen-bond donors (Lipinski definition) is 0. The first-order valence-corrected chi connectivity index (χ1v) is 18.4. The molecule has 4 aromatic heterocycles. The van der Waals surface area contributed by atoms with Gasteiger partial charge in [0.2, 0.25) is 0 Å². The molecule has 49 heavy (non-hydrogen) atoms. The summed E-state index contributed by atoms with van der Waals surface area (Å²) in [5.74, 6) is 0.749. The fourth-order valence-electron chi connectivity index (χ4n) is 7.91. The number of thiophene rings is 2. The van der Waals surface area contributed by atoms with Gasteiger partial charge >= 0.3 is 0 Å². The van der Waals surface area contributed by atoms with Gasteiger partial charge in [-0.3, -0.25) is 0 Å². The highest BCUT2D eigenvalue weighted by Crippen LogP contribution is 2.48. The van der Waals surface area contributed by atoms with Crippen molar-refractivity contribution in [3.63, 3.8) is 0 Å². The van der Waals surface area contributed by atoms with E-state index in [9.17, 15) is 0 Å². The molecule has 0 fully saturated rings. The molecule has 3 nitrogen and oxygen atoms in total. The van der Waals surface area contributed by atoms with Gasteiger partial charge in [0, 0.05) is 58.0 Å². The van der Waals surface area contributed by atoms with Crippen molar-refractivity contribution in [3.8, 4) is 28.3 Å². The Kier molecular flexibility index (Phi) is 5.82. The van der Waals surface area contributed by atoms with Crippen LogP contribution in [0.4, 0.5) is 0 Å². The highest BCUT2D eigenvalue weighted by Gasteiger charge is 2.24. The van der Waals surface area contributed by atoms with Gasteiger partial charge in [0.15, 0.2) is 5.82 Å². The van der Waals surface area contributed by atoms with Crippen LogP contribution in [0.3, 0.4) is 0 Å². The van der Waals surface area contributed by atoms with E-state index in [1.807, 2.05) is 17.4 Å². The first-order chi connectivity index (χ1) is 24.3. The summed E-state index contributed by atoms with van der Waals surface area (Å²) in [6.07, 6.45) is 6.91. The zero-order valence-electron chi connectivity index (χ0n) is 26.4. The first kappa shape index (κ1) is 27.3. The van der Waals surface area contributed by atoms with Crippen molar-refractivity contribution in [1.29, 1.82) is 0 Å². The number of rotatable bonds is 3. The molecule has 10 aromatic rings. The van der Waals surface area contributed by atoms with E-state index in [1.54, 1.807) is 11.3 Å². The Morgan fingerprint density at radius 1 is 0.592 bits per heavy atom. The van der Waals surface area contributed by atoms with Gasteiger partial charge in [-0.15, -0.1) is 22.7 Å². The maximum Gasteiger partial charge on any atom is 0.160 e. The third-order valence-corrected chi connectivity index (χ3v) is 12.5. The van der Waals surface area contributed by atoms with Gasteiger partial charge in [0.05, 0.1) is 26.9 Å². The van der Waals surface area contributed by atoms with Crippen molar-refractivity contribution in [1.82, 2.24) is 14.5 Å². The summed E-state index contributed by atoms with van der Waals surface area (Å²) in [4.78, 5) is 12.0. The number of aryl methyl sites for hydroxylation is 1. The largest absolute Gasteiger partial charge is 0.309 e. The molecule has 230 valence electrons. The standard InChI is InChI=1S/C44H27N3S2/c1-2-13-26(14-3-1)44-45-39(43-40(46-44)33-21-8-11-24-36(33)49-43)27-15-12-16-28(25-27)47-34-22-9-6-19-31(34)37-29-17-4-5-18-30(29)42-38(41(37)47)32-20-7-10-23-35(32)48-42/h1-9,11-22,24-25H,10,23H2. The van der Waals surface area contributed by atoms with Gasteiger partial charge in [-0.25, -0.2) is 9.97 Å². The lowest BCUT2D eigenvalue weighted by Gasteiger charge is -2.13. The van der Waals surface area contributed by atoms with Crippen LogP contribution in [-0.4, -0.2) is 14.5 Å². The van der Waals surface area contributed by atoms with E-state index in [4.69, 9.17) is 9.97 Å². The van der Waals surface area contributed by atoms with Gasteiger partial charge in [0.1, 0.15) is 0 Å². The van der Waals surface area contributed by atoms with Crippen molar-refractivity contribution in [3.05, 3.63) is 144 Å². The van der Waals surface area contributed by atoms with Gasteiger partial charge in [-0.05, 0) is 48.1 Å². The zero-order chi connectivity index (χ0) is 32.1. The number of hydrogen-bond acceptors (Lipinski definition) is 4. The molecule has 0 saturated heterocycles. The van der Waals surface area contributed by atoms with Crippen LogP contribution in [0.5, 0.6) is 0 Å². The van der Waals surface area contributed by atoms with E-state index in [-0.39, 0.29) is 0 Å². The molecule has 1 aliphatic carbocycles. The Morgan fingerprint density at radius 2 is 1.35 bits per heavy atom. The highest BCUT2D eigenvalue weighted by molar-refractivity contribution is 7.26. The maximum absolute atomic E-state index is 5.31. The molecule has 0 saturated carbocycles. The third kappa shape index (κ3) is 3.94. The number of allylic oxidation sites excluding steroid dienone is 1. The molecule has 5 heteroatoms. The smallest absolute Gasteiger partial charge is 0.160 e. The molecule has 1 aliphatic rings. The summed E-state index contributed by atoms with van der Waals surface area (Å²) >= 11 is 3.76. The van der Waals surface area contributed by atoms with Crippen LogP contribution in [0.25, 0.3) is 97.4 Å². The number of para-hydroxylation sites is 1. The molecule has 0 radical (unpaired) electrons. The molecular formula is C44H27N3S2. The number of benzene rings is 6. The molecule has 6 aromatic carbocycles. The number of fused-ring (bicyclic) bond motifs is 13. The average Bonchev–Trinajstić information content (AvgIpc) is 3.85. The SMILES string of the molecule is C1=Cc2c(sc3c4ccccc4c4c5ccccc5n(-c5cccc(-c6nc(-c7ccccc7)nc7c6sc6ccccc67)c5)c4c23)CC1. The summed E-state index contributed by atoms with van der Waals surface area (Å²) in [6, 6.07) is 45.8. The average molecular weight is 662 g/mol. The molecule has 11 rings (SSSR count). The quantitative estimate of drug-likeness (QED) is 0.189. The van der Waals surface area contributed by atoms with Crippen LogP contribution >= 0.6 is 22.7 Å². The van der Waals surface area contributed by atoms with E-state index in [0.29, 0.717) is 0 Å². The fourth-order valence-corrected chi connectivity index (χ4v) is 10.4. The molecule has 0 bridgehead atoms. The third-order valence-electron chi connectivity index (χ3n) is 10.0. The summed E-state index contributed by atoms with van der Waals surface area (Å²) in [7, 11) is 0. The molecule has 0 atom stereocenters. The van der Waals surface area contributed by atoms with Crippen LogP contribution in [0, 0.1) is 0 Å². The van der Waals surface area contributed by atoms with E-state index in [2.05, 4.69) is 138 Å². The van der Waals surface area contributed by atoms with Gasteiger partial charge < -0.3 is 4.57 Å². The summed E-state index contributed by atoms with van der Waals surface area (Å²) in [5.41, 5.74) is 9.11. The van der Waals surface area contributed by atoms with Crippen molar-refractivity contribution >= 4 is 91.7 Å². The van der Waals surface area contributed by atoms with Gasteiger partial charge in [0.25, 0.3) is 0 Å². The normalized spacial score (nSPS) is 13.1. The molecule has 0 spiro atoms. The molecule has 0 unspecified atom stereocenters. The minimum atomic E-state index is 0.749. The predicted molar refractivity (Wildman–Crippen MR) is 210 cm³/mol. The molecular weight excluding hydrogens is 635 g/mol. The molecule has 0 N–H and O–H groups in total. The predicted octanol–water partition coefficient (Wildman–Crippen LogP) is 12.6. The van der Waals surface area contributed by atoms with Gasteiger partial charge in [-0.1, -0.05) is 115 Å². The van der Waals surface area contributed by atoms with Crippen molar-refractivity contribution in [2.24, 2.45) is 0 Å². The highest BCUT2D eigenvalue weighted by atomic mass is 32.1. The Hall–Kier alpha value is -5.62. The lowest BCUT2D eigenvalue weighted by atomic mass is 9.96. The van der Waals surface area contributed by atoms with Crippen molar-refractivity contribution < 1.29 is 0 Å². The summed E-state index contributed by atoms with van der Waals surface area (Å²) in [5, 5.41) is 7.80. The number of aromatic nitrogens is 3. The Morgan fingerprint density at radius 3 is 2.24 bits per heavy atom. The molecule has 0 aliphatic heterocycles. The van der Waals surface area contributed by atoms with Crippen LogP contribution in [0.2, 0.25) is 0 Å². The second-order valence-electron chi connectivity index (χ2n) is 12.8. The first-order valence-electron chi connectivity index (χ1n) is 16.7. The van der Waals surface area contributed by atoms with Crippen LogP contribution in [0.15, 0.2) is 133 Å². The second kappa shape index (κ2) is 10.4. The molecule has 4 heterocycles. The summed E-state index contributed by atoms with van der Waals surface area (Å²) < 4.78 is 6.24.